The molecular weight excluding hydrogens is 536 g/mol. The number of ether oxygens (including phenoxy) is 1. The van der Waals surface area contributed by atoms with Crippen molar-refractivity contribution in [3.05, 3.63) is 78.6 Å². The molecule has 4 heterocycles. The van der Waals surface area contributed by atoms with Gasteiger partial charge in [0.25, 0.3) is 5.91 Å². The molecule has 0 bridgehead atoms. The van der Waals surface area contributed by atoms with Gasteiger partial charge in [0.15, 0.2) is 0 Å². The second-order valence-electron chi connectivity index (χ2n) is 12.5. The van der Waals surface area contributed by atoms with Crippen LogP contribution in [-0.2, 0) is 17.8 Å². The molecule has 4 aromatic rings. The Morgan fingerprint density at radius 2 is 1.74 bits per heavy atom. The van der Waals surface area contributed by atoms with Gasteiger partial charge in [0.2, 0.25) is 0 Å². The molecule has 2 fully saturated rings. The van der Waals surface area contributed by atoms with Crippen molar-refractivity contribution < 1.29 is 9.53 Å². The van der Waals surface area contributed by atoms with Gasteiger partial charge in [0.05, 0.1) is 30.7 Å². The van der Waals surface area contributed by atoms with E-state index in [4.69, 9.17) is 4.74 Å². The number of aromatic nitrogens is 3. The minimum Gasteiger partial charge on any atom is -0.383 e. The first kappa shape index (κ1) is 29.6. The number of nitrogens with zero attached hydrogens (tertiary/aromatic N) is 5. The van der Waals surface area contributed by atoms with Crippen molar-refractivity contribution in [1.29, 1.82) is 0 Å². The van der Waals surface area contributed by atoms with Crippen LogP contribution in [0.15, 0.2) is 67.4 Å². The van der Waals surface area contributed by atoms with Crippen LogP contribution in [0.25, 0.3) is 21.9 Å². The van der Waals surface area contributed by atoms with Crippen LogP contribution < -0.4 is 5.32 Å². The number of carbonyl (C=O) groups excluding carboxylic acids is 1. The molecule has 2 aromatic carbocycles. The number of piperidine rings is 2. The minimum absolute atomic E-state index is 0.00323. The molecule has 2 saturated heterocycles. The Morgan fingerprint density at radius 3 is 2.56 bits per heavy atom. The van der Waals surface area contributed by atoms with E-state index >= 15 is 0 Å². The van der Waals surface area contributed by atoms with E-state index in [0.29, 0.717) is 31.2 Å². The van der Waals surface area contributed by atoms with Crippen LogP contribution in [0.2, 0.25) is 0 Å². The Hall–Kier alpha value is -3.46. The average Bonchev–Trinajstić information content (AvgIpc) is 3.67. The molecule has 43 heavy (non-hydrogen) atoms. The molecule has 2 aromatic heterocycles. The molecule has 2 aliphatic rings. The van der Waals surface area contributed by atoms with Gasteiger partial charge in [-0.2, -0.15) is 0 Å². The Kier molecular flexibility index (Phi) is 9.56. The second kappa shape index (κ2) is 13.9. The summed E-state index contributed by atoms with van der Waals surface area (Å²) in [6, 6.07) is 14.7. The van der Waals surface area contributed by atoms with Crippen molar-refractivity contribution in [3.8, 4) is 11.1 Å². The van der Waals surface area contributed by atoms with E-state index in [9.17, 15) is 4.79 Å². The number of imidazole rings is 1. The van der Waals surface area contributed by atoms with Crippen LogP contribution in [0.3, 0.4) is 0 Å². The first-order chi connectivity index (χ1) is 21.1. The summed E-state index contributed by atoms with van der Waals surface area (Å²) in [5, 5.41) is 5.80. The fourth-order valence-corrected chi connectivity index (χ4v) is 6.87. The van der Waals surface area contributed by atoms with Crippen molar-refractivity contribution in [2.24, 2.45) is 11.8 Å². The normalized spacial score (nSPS) is 17.1. The van der Waals surface area contributed by atoms with Gasteiger partial charge < -0.3 is 29.0 Å². The number of methoxy groups -OCH3 is 1. The first-order valence-corrected chi connectivity index (χ1v) is 15.9. The Balaban J connectivity index is 1.18. The van der Waals surface area contributed by atoms with Crippen LogP contribution in [0, 0.1) is 11.8 Å². The molecule has 1 amide bonds. The lowest BCUT2D eigenvalue weighted by molar-refractivity contribution is 0.0745. The number of amides is 1. The van der Waals surface area contributed by atoms with E-state index in [-0.39, 0.29) is 5.91 Å². The minimum atomic E-state index is 0.00323. The van der Waals surface area contributed by atoms with E-state index in [0.717, 1.165) is 29.0 Å². The van der Waals surface area contributed by atoms with Crippen LogP contribution >= 0.6 is 0 Å². The first-order valence-electron chi connectivity index (χ1n) is 15.9. The Bertz CT molecular complexity index is 1490. The highest BCUT2D eigenvalue weighted by Crippen LogP contribution is 2.33. The third-order valence-corrected chi connectivity index (χ3v) is 9.45. The highest BCUT2D eigenvalue weighted by Gasteiger charge is 2.24. The predicted octanol–water partition coefficient (Wildman–Crippen LogP) is 4.98. The molecule has 0 atom stereocenters. The standard InChI is InChI=1S/C35H46N6O2/c1-38(18-19-43-2)35(42)34-25-40(24-33(34)32-9-5-7-29-6-3-4-8-31(29)32)23-30-20-37-26-41(30)22-28-12-16-39(17-13-28)21-27-10-14-36-15-11-27/h3-9,20,24-28,36H,10-19,21-23H2,1-2H3. The lowest BCUT2D eigenvalue weighted by Gasteiger charge is -2.35. The molecule has 0 radical (unpaired) electrons. The van der Waals surface area contributed by atoms with Crippen molar-refractivity contribution >= 4 is 16.7 Å². The molecule has 0 saturated carbocycles. The smallest absolute Gasteiger partial charge is 0.255 e. The predicted molar refractivity (Wildman–Crippen MR) is 172 cm³/mol. The molecule has 1 N–H and O–H groups in total. The molecule has 0 unspecified atom stereocenters. The van der Waals surface area contributed by atoms with E-state index < -0.39 is 0 Å². The fourth-order valence-electron chi connectivity index (χ4n) is 6.87. The third kappa shape index (κ3) is 7.03. The Labute approximate surface area is 255 Å². The van der Waals surface area contributed by atoms with Gasteiger partial charge in [-0.1, -0.05) is 42.5 Å². The van der Waals surface area contributed by atoms with Crippen LogP contribution in [0.1, 0.15) is 41.7 Å². The Morgan fingerprint density at radius 1 is 0.977 bits per heavy atom. The maximum Gasteiger partial charge on any atom is 0.255 e. The second-order valence-corrected chi connectivity index (χ2v) is 12.5. The van der Waals surface area contributed by atoms with Gasteiger partial charge >= 0.3 is 0 Å². The van der Waals surface area contributed by atoms with Gasteiger partial charge in [-0.05, 0) is 80.0 Å². The van der Waals surface area contributed by atoms with Crippen molar-refractivity contribution in [1.82, 2.24) is 29.2 Å². The number of benzene rings is 2. The summed E-state index contributed by atoms with van der Waals surface area (Å²) in [5.74, 6) is 1.53. The SMILES string of the molecule is COCCN(C)C(=O)c1cn(Cc2cncn2CC2CCN(CC3CCNCC3)CC2)cc1-c1cccc2ccccc12. The van der Waals surface area contributed by atoms with Gasteiger partial charge in [-0.3, -0.25) is 4.79 Å². The summed E-state index contributed by atoms with van der Waals surface area (Å²) in [6.45, 7) is 8.73. The van der Waals surface area contributed by atoms with Crippen LogP contribution in [0.4, 0.5) is 0 Å². The molecule has 6 rings (SSSR count). The summed E-state index contributed by atoms with van der Waals surface area (Å²) < 4.78 is 9.73. The van der Waals surface area contributed by atoms with E-state index in [1.807, 2.05) is 25.8 Å². The molecule has 228 valence electrons. The number of fused-ring (bicyclic) bond motifs is 1. The zero-order chi connectivity index (χ0) is 29.6. The third-order valence-electron chi connectivity index (χ3n) is 9.45. The summed E-state index contributed by atoms with van der Waals surface area (Å²) in [6.07, 6.45) is 13.2. The number of likely N-dealkylation sites (N-methyl/N-ethyl adjacent to an activating group) is 1. The number of rotatable bonds is 11. The molecule has 8 nitrogen and oxygen atoms in total. The van der Waals surface area contributed by atoms with E-state index in [1.165, 1.54) is 69.5 Å². The van der Waals surface area contributed by atoms with Crippen molar-refractivity contribution in [2.45, 2.75) is 38.8 Å². The molecular formula is C35H46N6O2. The number of likely N-dealkylation sites (tertiary alicyclic amines) is 1. The zero-order valence-corrected chi connectivity index (χ0v) is 25.8. The molecule has 8 heteroatoms. The van der Waals surface area contributed by atoms with Gasteiger partial charge in [-0.15, -0.1) is 0 Å². The topological polar surface area (TPSA) is 67.6 Å². The zero-order valence-electron chi connectivity index (χ0n) is 25.8. The van der Waals surface area contributed by atoms with Crippen molar-refractivity contribution in [3.63, 3.8) is 0 Å². The number of hydrogen-bond donors (Lipinski definition) is 1. The van der Waals surface area contributed by atoms with E-state index in [2.05, 4.69) is 73.0 Å². The molecule has 2 aliphatic heterocycles. The van der Waals surface area contributed by atoms with Crippen LogP contribution in [0.5, 0.6) is 0 Å². The van der Waals surface area contributed by atoms with Gasteiger partial charge in [0, 0.05) is 57.9 Å². The summed E-state index contributed by atoms with van der Waals surface area (Å²) in [5.41, 5.74) is 3.91. The fraction of sp³-hybridized carbons (Fsp3) is 0.486. The van der Waals surface area contributed by atoms with Gasteiger partial charge in [0.1, 0.15) is 0 Å². The lowest BCUT2D eigenvalue weighted by Crippen LogP contribution is -2.40. The number of hydrogen-bond acceptors (Lipinski definition) is 5. The maximum absolute atomic E-state index is 13.7. The summed E-state index contributed by atoms with van der Waals surface area (Å²) in [7, 11) is 3.51. The highest BCUT2D eigenvalue weighted by atomic mass is 16.5. The lowest BCUT2D eigenvalue weighted by atomic mass is 9.93. The monoisotopic (exact) mass is 582 g/mol. The molecule has 0 spiro atoms. The largest absolute Gasteiger partial charge is 0.383 e. The quantitative estimate of drug-likeness (QED) is 0.270. The number of carbonyl (C=O) groups is 1. The highest BCUT2D eigenvalue weighted by molar-refractivity contribution is 6.05. The molecule has 0 aliphatic carbocycles. The van der Waals surface area contributed by atoms with Crippen molar-refractivity contribution in [2.75, 3.05) is 60.0 Å². The van der Waals surface area contributed by atoms with E-state index in [1.54, 1.807) is 12.0 Å². The van der Waals surface area contributed by atoms with Gasteiger partial charge in [-0.25, -0.2) is 4.98 Å². The van der Waals surface area contributed by atoms with Crippen LogP contribution in [-0.4, -0.2) is 89.9 Å². The summed E-state index contributed by atoms with van der Waals surface area (Å²) in [4.78, 5) is 22.7. The number of nitrogens with one attached hydrogen (secondary N) is 1. The summed E-state index contributed by atoms with van der Waals surface area (Å²) >= 11 is 0. The average molecular weight is 583 g/mol. The maximum atomic E-state index is 13.7.